The molecule has 170 valence electrons. The Labute approximate surface area is 188 Å². The summed E-state index contributed by atoms with van der Waals surface area (Å²) in [5, 5.41) is 0. The Morgan fingerprint density at radius 3 is 2.87 bits per heavy atom. The second-order valence-corrected chi connectivity index (χ2v) is 11.4. The summed E-state index contributed by atoms with van der Waals surface area (Å²) < 4.78 is 0. The van der Waals surface area contributed by atoms with Crippen molar-refractivity contribution in [2.45, 2.75) is 72.6 Å². The highest BCUT2D eigenvalue weighted by atomic mass is 15.4. The molecule has 1 aromatic rings. The quantitative estimate of drug-likeness (QED) is 0.683. The highest BCUT2D eigenvalue weighted by Crippen LogP contribution is 2.61. The van der Waals surface area contributed by atoms with Crippen LogP contribution >= 0.6 is 0 Å². The van der Waals surface area contributed by atoms with Crippen LogP contribution in [0.2, 0.25) is 0 Å². The summed E-state index contributed by atoms with van der Waals surface area (Å²) in [5.41, 5.74) is 11.0. The van der Waals surface area contributed by atoms with E-state index in [2.05, 4.69) is 62.3 Å². The zero-order chi connectivity index (χ0) is 22.4. The first-order chi connectivity index (χ1) is 14.6. The third-order valence-electron chi connectivity index (χ3n) is 8.81. The Bertz CT molecular complexity index is 873. The topological polar surface area (TPSA) is 59.5 Å². The lowest BCUT2D eigenvalue weighted by Gasteiger charge is -2.58. The SMILES string of the molecule is C=C1CC[C@@H]2C(C)(C)CCC[C@@]2(C)[C@@H]1CCC(C)=CCN1C[NH+](C)c2ncnc(N)c21. The molecule has 0 aromatic carbocycles. The molecule has 1 aliphatic heterocycles. The highest BCUT2D eigenvalue weighted by molar-refractivity contribution is 5.73. The number of aromatic nitrogens is 2. The number of hydrogen-bond acceptors (Lipinski definition) is 4. The molecule has 5 heteroatoms. The van der Waals surface area contributed by atoms with E-state index in [1.807, 2.05) is 0 Å². The molecule has 3 N–H and O–H groups in total. The van der Waals surface area contributed by atoms with Gasteiger partial charge in [-0.2, -0.15) is 4.98 Å². The molecule has 3 aliphatic rings. The van der Waals surface area contributed by atoms with E-state index in [1.165, 1.54) is 54.6 Å². The predicted octanol–water partition coefficient (Wildman–Crippen LogP) is 4.51. The minimum atomic E-state index is 0.420. The Morgan fingerprint density at radius 1 is 1.32 bits per heavy atom. The van der Waals surface area contributed by atoms with Gasteiger partial charge in [0.15, 0.2) is 18.2 Å². The van der Waals surface area contributed by atoms with Crippen LogP contribution in [-0.2, 0) is 0 Å². The van der Waals surface area contributed by atoms with Gasteiger partial charge in [-0.1, -0.05) is 51.0 Å². The molecular formula is C26H42N5+. The standard InChI is InChI=1S/C26H41N5/c1-18(12-15-31-17-30(6)24-22(31)23(27)28-16-29-24)8-10-20-19(2)9-11-21-25(3,4)13-7-14-26(20,21)5/h12,16,20-21H,2,7-11,13-15,17H2,1,3-6H3,(H2,27,28,29)/p+1/t20-,21-,26+/m1/s1. The minimum Gasteiger partial charge on any atom is -0.382 e. The predicted molar refractivity (Wildman–Crippen MR) is 129 cm³/mol. The lowest BCUT2D eigenvalue weighted by atomic mass is 9.47. The van der Waals surface area contributed by atoms with Crippen molar-refractivity contribution in [1.29, 1.82) is 0 Å². The fraction of sp³-hybridized carbons (Fsp3) is 0.692. The third kappa shape index (κ3) is 4.02. The molecule has 5 nitrogen and oxygen atoms in total. The first-order valence-corrected chi connectivity index (χ1v) is 12.1. The van der Waals surface area contributed by atoms with Gasteiger partial charge in [-0.3, -0.25) is 4.90 Å². The number of fused-ring (bicyclic) bond motifs is 2. The molecule has 1 unspecified atom stereocenters. The number of nitrogens with two attached hydrogens (primary N) is 1. The fourth-order valence-electron chi connectivity index (χ4n) is 7.16. The number of rotatable bonds is 5. The van der Waals surface area contributed by atoms with Crippen LogP contribution in [0.4, 0.5) is 17.3 Å². The summed E-state index contributed by atoms with van der Waals surface area (Å²) in [6, 6.07) is 0. The van der Waals surface area contributed by atoms with E-state index in [0.29, 0.717) is 22.6 Å². The summed E-state index contributed by atoms with van der Waals surface area (Å²) in [7, 11) is 2.14. The van der Waals surface area contributed by atoms with E-state index in [-0.39, 0.29) is 0 Å². The van der Waals surface area contributed by atoms with Crippen molar-refractivity contribution < 1.29 is 4.90 Å². The van der Waals surface area contributed by atoms with Crippen LogP contribution in [0, 0.1) is 22.7 Å². The summed E-state index contributed by atoms with van der Waals surface area (Å²) in [4.78, 5) is 12.2. The van der Waals surface area contributed by atoms with Crippen LogP contribution in [0.5, 0.6) is 0 Å². The zero-order valence-electron chi connectivity index (χ0n) is 20.3. The average Bonchev–Trinajstić information content (AvgIpc) is 3.02. The van der Waals surface area contributed by atoms with Gasteiger partial charge >= 0.3 is 0 Å². The molecule has 0 spiro atoms. The number of allylic oxidation sites excluding steroid dienone is 2. The van der Waals surface area contributed by atoms with Crippen molar-refractivity contribution in [3.8, 4) is 0 Å². The van der Waals surface area contributed by atoms with E-state index in [9.17, 15) is 0 Å². The van der Waals surface area contributed by atoms with Gasteiger partial charge in [-0.15, -0.1) is 0 Å². The van der Waals surface area contributed by atoms with E-state index in [4.69, 9.17) is 5.73 Å². The molecule has 31 heavy (non-hydrogen) atoms. The summed E-state index contributed by atoms with van der Waals surface area (Å²) in [6.45, 7) is 16.2. The maximum absolute atomic E-state index is 6.16. The normalized spacial score (nSPS) is 32.7. The molecular weight excluding hydrogens is 382 g/mol. The van der Waals surface area contributed by atoms with E-state index in [0.717, 1.165) is 37.1 Å². The van der Waals surface area contributed by atoms with Crippen molar-refractivity contribution in [3.05, 3.63) is 30.1 Å². The molecule has 0 amide bonds. The molecule has 0 bridgehead atoms. The van der Waals surface area contributed by atoms with Gasteiger partial charge in [-0.25, -0.2) is 4.98 Å². The van der Waals surface area contributed by atoms with Gasteiger partial charge < -0.3 is 10.6 Å². The Balaban J connectivity index is 1.42. The van der Waals surface area contributed by atoms with Gasteiger partial charge in [0.1, 0.15) is 6.33 Å². The van der Waals surface area contributed by atoms with Crippen LogP contribution in [-0.4, -0.2) is 30.2 Å². The largest absolute Gasteiger partial charge is 0.382 e. The smallest absolute Gasteiger partial charge is 0.256 e. The first kappa shape index (κ1) is 22.3. The van der Waals surface area contributed by atoms with E-state index in [1.54, 1.807) is 6.33 Å². The average molecular weight is 425 g/mol. The Kier molecular flexibility index (Phi) is 5.93. The molecule has 0 radical (unpaired) electrons. The lowest BCUT2D eigenvalue weighted by Crippen LogP contribution is -3.03. The number of quaternary nitrogens is 1. The Morgan fingerprint density at radius 2 is 2.10 bits per heavy atom. The zero-order valence-corrected chi connectivity index (χ0v) is 20.3. The van der Waals surface area contributed by atoms with E-state index >= 15 is 0 Å². The molecule has 2 fully saturated rings. The van der Waals surface area contributed by atoms with Crippen molar-refractivity contribution >= 4 is 17.3 Å². The molecule has 2 aliphatic carbocycles. The lowest BCUT2D eigenvalue weighted by molar-refractivity contribution is -0.805. The second kappa shape index (κ2) is 8.23. The van der Waals surface area contributed by atoms with Crippen LogP contribution in [0.3, 0.4) is 0 Å². The molecule has 4 atom stereocenters. The van der Waals surface area contributed by atoms with Gasteiger partial charge in [0, 0.05) is 6.54 Å². The van der Waals surface area contributed by atoms with Crippen molar-refractivity contribution in [2.75, 3.05) is 30.9 Å². The van der Waals surface area contributed by atoms with Gasteiger partial charge in [0.05, 0.1) is 7.05 Å². The molecule has 4 rings (SSSR count). The van der Waals surface area contributed by atoms with Crippen LogP contribution in [0.15, 0.2) is 30.1 Å². The van der Waals surface area contributed by atoms with Gasteiger partial charge in [0.25, 0.3) is 5.82 Å². The van der Waals surface area contributed by atoms with Crippen molar-refractivity contribution in [2.24, 2.45) is 22.7 Å². The van der Waals surface area contributed by atoms with Crippen LogP contribution < -0.4 is 15.5 Å². The summed E-state index contributed by atoms with van der Waals surface area (Å²) >= 11 is 0. The number of hydrogen-bond donors (Lipinski definition) is 2. The Hall–Kier alpha value is -1.88. The number of anilines is 2. The monoisotopic (exact) mass is 424 g/mol. The number of nitrogens with zero attached hydrogens (tertiary/aromatic N) is 3. The number of nitrogens with one attached hydrogen (secondary N) is 1. The molecule has 2 saturated carbocycles. The maximum atomic E-state index is 6.16. The molecule has 2 heterocycles. The summed E-state index contributed by atoms with van der Waals surface area (Å²) in [5.74, 6) is 3.08. The highest BCUT2D eigenvalue weighted by Gasteiger charge is 2.52. The fourth-order valence-corrected chi connectivity index (χ4v) is 7.16. The third-order valence-corrected chi connectivity index (χ3v) is 8.81. The first-order valence-electron chi connectivity index (χ1n) is 12.1. The van der Waals surface area contributed by atoms with Crippen LogP contribution in [0.1, 0.15) is 72.6 Å². The van der Waals surface area contributed by atoms with E-state index < -0.39 is 0 Å². The minimum absolute atomic E-state index is 0.420. The molecule has 0 saturated heterocycles. The van der Waals surface area contributed by atoms with Crippen molar-refractivity contribution in [3.63, 3.8) is 0 Å². The van der Waals surface area contributed by atoms with Gasteiger partial charge in [-0.05, 0) is 68.1 Å². The molecule has 1 aromatic heterocycles. The summed E-state index contributed by atoms with van der Waals surface area (Å²) in [6.07, 6.45) is 13.0. The van der Waals surface area contributed by atoms with Crippen LogP contribution in [0.25, 0.3) is 0 Å². The van der Waals surface area contributed by atoms with Crippen molar-refractivity contribution in [1.82, 2.24) is 9.97 Å². The van der Waals surface area contributed by atoms with Gasteiger partial charge in [0.2, 0.25) is 0 Å². The number of nitrogen functional groups attached to an aromatic ring is 1. The maximum Gasteiger partial charge on any atom is 0.256 e. The second-order valence-electron chi connectivity index (χ2n) is 11.4.